The molecule has 0 spiro atoms. The van der Waals surface area contributed by atoms with Crippen molar-refractivity contribution in [1.82, 2.24) is 0 Å². The SMILES string of the molecule is CCC(=O)OC(=O)OC(CC)CC. The van der Waals surface area contributed by atoms with Crippen molar-refractivity contribution in [2.24, 2.45) is 0 Å². The zero-order valence-electron chi connectivity index (χ0n) is 8.33. The van der Waals surface area contributed by atoms with Gasteiger partial charge in [-0.2, -0.15) is 0 Å². The van der Waals surface area contributed by atoms with Crippen LogP contribution in [0.1, 0.15) is 40.0 Å². The largest absolute Gasteiger partial charge is 0.516 e. The fraction of sp³-hybridized carbons (Fsp3) is 0.778. The second-order valence-electron chi connectivity index (χ2n) is 2.63. The summed E-state index contributed by atoms with van der Waals surface area (Å²) in [6.07, 6.45) is 0.591. The van der Waals surface area contributed by atoms with Crippen molar-refractivity contribution < 1.29 is 19.1 Å². The second-order valence-corrected chi connectivity index (χ2v) is 2.63. The first-order valence-corrected chi connectivity index (χ1v) is 4.55. The first kappa shape index (κ1) is 11.9. The summed E-state index contributed by atoms with van der Waals surface area (Å²) in [6.45, 7) is 5.43. The molecule has 0 rings (SSSR count). The topological polar surface area (TPSA) is 52.6 Å². The lowest BCUT2D eigenvalue weighted by Crippen LogP contribution is -2.19. The van der Waals surface area contributed by atoms with Gasteiger partial charge in [0, 0.05) is 6.42 Å². The van der Waals surface area contributed by atoms with Crippen LogP contribution in [-0.4, -0.2) is 18.2 Å². The van der Waals surface area contributed by atoms with Gasteiger partial charge in [0.15, 0.2) is 0 Å². The minimum atomic E-state index is -0.888. The molecule has 0 saturated carbocycles. The van der Waals surface area contributed by atoms with Gasteiger partial charge in [-0.05, 0) is 12.8 Å². The third-order valence-corrected chi connectivity index (χ3v) is 1.66. The quantitative estimate of drug-likeness (QED) is 0.501. The van der Waals surface area contributed by atoms with Crippen molar-refractivity contribution in [3.63, 3.8) is 0 Å². The third-order valence-electron chi connectivity index (χ3n) is 1.66. The van der Waals surface area contributed by atoms with Crippen LogP contribution in [0.2, 0.25) is 0 Å². The van der Waals surface area contributed by atoms with E-state index >= 15 is 0 Å². The van der Waals surface area contributed by atoms with E-state index in [2.05, 4.69) is 4.74 Å². The molecule has 0 saturated heterocycles. The van der Waals surface area contributed by atoms with Gasteiger partial charge in [-0.25, -0.2) is 4.79 Å². The van der Waals surface area contributed by atoms with E-state index in [1.165, 1.54) is 0 Å². The van der Waals surface area contributed by atoms with E-state index in [0.29, 0.717) is 0 Å². The van der Waals surface area contributed by atoms with Gasteiger partial charge in [-0.1, -0.05) is 20.8 Å². The highest BCUT2D eigenvalue weighted by Gasteiger charge is 2.14. The maximum atomic E-state index is 10.9. The fourth-order valence-corrected chi connectivity index (χ4v) is 0.781. The molecule has 0 bridgehead atoms. The summed E-state index contributed by atoms with van der Waals surface area (Å²) in [6, 6.07) is 0. The van der Waals surface area contributed by atoms with Crippen LogP contribution < -0.4 is 0 Å². The molecule has 4 heteroatoms. The average molecular weight is 188 g/mol. The molecule has 0 fully saturated rings. The Morgan fingerprint density at radius 1 is 1.15 bits per heavy atom. The summed E-state index contributed by atoms with van der Waals surface area (Å²) in [7, 11) is 0. The Bertz CT molecular complexity index is 172. The van der Waals surface area contributed by atoms with E-state index < -0.39 is 12.1 Å². The van der Waals surface area contributed by atoms with Gasteiger partial charge in [0.05, 0.1) is 0 Å². The molecule has 0 aliphatic rings. The molecule has 76 valence electrons. The van der Waals surface area contributed by atoms with Crippen LogP contribution in [0.25, 0.3) is 0 Å². The van der Waals surface area contributed by atoms with E-state index in [1.807, 2.05) is 13.8 Å². The monoisotopic (exact) mass is 188 g/mol. The summed E-state index contributed by atoms with van der Waals surface area (Å²) >= 11 is 0. The Labute approximate surface area is 78.2 Å². The number of esters is 1. The average Bonchev–Trinajstić information content (AvgIpc) is 2.13. The Kier molecular flexibility index (Phi) is 5.93. The van der Waals surface area contributed by atoms with Crippen molar-refractivity contribution in [1.29, 1.82) is 0 Å². The van der Waals surface area contributed by atoms with Crippen molar-refractivity contribution in [3.8, 4) is 0 Å². The van der Waals surface area contributed by atoms with E-state index in [0.717, 1.165) is 12.8 Å². The third kappa shape index (κ3) is 5.22. The molecule has 0 N–H and O–H groups in total. The molecule has 0 aliphatic carbocycles. The number of hydrogen-bond donors (Lipinski definition) is 0. The lowest BCUT2D eigenvalue weighted by Gasteiger charge is -2.12. The first-order chi connectivity index (χ1) is 6.13. The van der Waals surface area contributed by atoms with Crippen LogP contribution in [0.15, 0.2) is 0 Å². The zero-order chi connectivity index (χ0) is 10.3. The second kappa shape index (κ2) is 6.46. The number of ether oxygens (including phenoxy) is 2. The van der Waals surface area contributed by atoms with Crippen LogP contribution in [0.5, 0.6) is 0 Å². The smallest absolute Gasteiger partial charge is 0.431 e. The van der Waals surface area contributed by atoms with E-state index in [-0.39, 0.29) is 12.5 Å². The van der Waals surface area contributed by atoms with Gasteiger partial charge in [0.25, 0.3) is 0 Å². The normalized spacial score (nSPS) is 9.85. The molecule has 0 aromatic carbocycles. The molecule has 0 radical (unpaired) electrons. The van der Waals surface area contributed by atoms with Crippen LogP contribution in [0, 0.1) is 0 Å². The Balaban J connectivity index is 3.79. The van der Waals surface area contributed by atoms with Crippen LogP contribution in [-0.2, 0) is 14.3 Å². The van der Waals surface area contributed by atoms with Crippen molar-refractivity contribution in [2.45, 2.75) is 46.1 Å². The predicted molar refractivity (Wildman–Crippen MR) is 47.2 cm³/mol. The van der Waals surface area contributed by atoms with E-state index in [1.54, 1.807) is 6.92 Å². The maximum Gasteiger partial charge on any atom is 0.516 e. The highest BCUT2D eigenvalue weighted by Crippen LogP contribution is 2.04. The summed E-state index contributed by atoms with van der Waals surface area (Å²) < 4.78 is 9.17. The highest BCUT2D eigenvalue weighted by molar-refractivity contribution is 5.81. The molecule has 4 nitrogen and oxygen atoms in total. The number of carbonyl (C=O) groups is 2. The molecule has 0 aliphatic heterocycles. The molecule has 0 unspecified atom stereocenters. The Hall–Kier alpha value is -1.06. The lowest BCUT2D eigenvalue weighted by atomic mass is 10.2. The molecule has 0 amide bonds. The van der Waals surface area contributed by atoms with Gasteiger partial charge >= 0.3 is 12.1 Å². The highest BCUT2D eigenvalue weighted by atomic mass is 16.7. The predicted octanol–water partition coefficient (Wildman–Crippen LogP) is 2.26. The van der Waals surface area contributed by atoms with E-state index in [4.69, 9.17) is 4.74 Å². The number of carbonyl (C=O) groups excluding carboxylic acids is 2. The standard InChI is InChI=1S/C9H16O4/c1-4-7(5-2)12-9(11)13-8(10)6-3/h7H,4-6H2,1-3H3. The summed E-state index contributed by atoms with van der Waals surface area (Å²) in [5.74, 6) is -0.559. The van der Waals surface area contributed by atoms with Crippen LogP contribution >= 0.6 is 0 Å². The zero-order valence-corrected chi connectivity index (χ0v) is 8.33. The Morgan fingerprint density at radius 2 is 1.69 bits per heavy atom. The lowest BCUT2D eigenvalue weighted by molar-refractivity contribution is -0.140. The van der Waals surface area contributed by atoms with Crippen molar-refractivity contribution in [2.75, 3.05) is 0 Å². The molecular weight excluding hydrogens is 172 g/mol. The number of hydrogen-bond acceptors (Lipinski definition) is 4. The molecule has 0 aromatic rings. The van der Waals surface area contributed by atoms with Gasteiger partial charge in [-0.3, -0.25) is 4.79 Å². The molecule has 13 heavy (non-hydrogen) atoms. The summed E-state index contributed by atoms with van der Waals surface area (Å²) in [5.41, 5.74) is 0. The van der Waals surface area contributed by atoms with Gasteiger partial charge < -0.3 is 9.47 Å². The minimum absolute atomic E-state index is 0.155. The van der Waals surface area contributed by atoms with Crippen LogP contribution in [0.3, 0.4) is 0 Å². The first-order valence-electron chi connectivity index (χ1n) is 4.55. The van der Waals surface area contributed by atoms with E-state index in [9.17, 15) is 9.59 Å². The molecule has 0 aromatic heterocycles. The van der Waals surface area contributed by atoms with Crippen molar-refractivity contribution in [3.05, 3.63) is 0 Å². The minimum Gasteiger partial charge on any atom is -0.431 e. The fourth-order valence-electron chi connectivity index (χ4n) is 0.781. The van der Waals surface area contributed by atoms with Gasteiger partial charge in [0.1, 0.15) is 6.10 Å². The maximum absolute atomic E-state index is 10.9. The molecule has 0 heterocycles. The summed E-state index contributed by atoms with van der Waals surface area (Å²) in [5, 5.41) is 0. The number of rotatable bonds is 4. The van der Waals surface area contributed by atoms with Gasteiger partial charge in [-0.15, -0.1) is 0 Å². The Morgan fingerprint density at radius 3 is 2.08 bits per heavy atom. The van der Waals surface area contributed by atoms with Gasteiger partial charge in [0.2, 0.25) is 0 Å². The summed E-state index contributed by atoms with van der Waals surface area (Å²) in [4.78, 5) is 21.5. The molecule has 0 atom stereocenters. The van der Waals surface area contributed by atoms with Crippen LogP contribution in [0.4, 0.5) is 4.79 Å². The van der Waals surface area contributed by atoms with Crippen molar-refractivity contribution >= 4 is 12.1 Å². The molecular formula is C9H16O4.